The summed E-state index contributed by atoms with van der Waals surface area (Å²) in [7, 11) is 0. The third kappa shape index (κ3) is 6.90. The molecule has 6 nitrogen and oxygen atoms in total. The minimum Gasteiger partial charge on any atom is -0.477 e. The molecule has 2 saturated carbocycles. The molecular formula is C29H41NO5S. The molecule has 0 aromatic carbocycles. The number of carbonyl (C=O) groups excluding carboxylic acids is 1. The average molecular weight is 516 g/mol. The van der Waals surface area contributed by atoms with Crippen LogP contribution in [0, 0.1) is 29.1 Å². The molecule has 3 fully saturated rings. The first-order valence-electron chi connectivity index (χ1n) is 13.6. The van der Waals surface area contributed by atoms with Gasteiger partial charge in [-0.05, 0) is 90.5 Å². The highest BCUT2D eigenvalue weighted by Gasteiger charge is 2.38. The molecule has 7 heteroatoms. The number of thiophene rings is 1. The summed E-state index contributed by atoms with van der Waals surface area (Å²) in [5, 5.41) is 10.1. The van der Waals surface area contributed by atoms with Crippen LogP contribution < -0.4 is 4.90 Å². The summed E-state index contributed by atoms with van der Waals surface area (Å²) in [5.74, 6) is 6.07. The highest BCUT2D eigenvalue weighted by atomic mass is 32.1. The van der Waals surface area contributed by atoms with E-state index in [1.54, 1.807) is 0 Å². The summed E-state index contributed by atoms with van der Waals surface area (Å²) in [6, 6.07) is 1.82. The number of aromatic carboxylic acids is 1. The van der Waals surface area contributed by atoms with Gasteiger partial charge in [-0.15, -0.1) is 11.3 Å². The standard InChI is InChI=1S/C29H41NO5S/c1-19-5-7-20(8-6-19)27(31)30(21-9-11-22(12-10-21)35-23-14-16-34-18-23)25-17-24(13-15-29(2,3)4)36-26(25)28(32)33/h17,19-23H,5-12,14,16,18H2,1-4H3,(H,32,33)/t19?,20?,21?,22?,23-/m1/s1. The summed E-state index contributed by atoms with van der Waals surface area (Å²) in [6.45, 7) is 9.77. The highest BCUT2D eigenvalue weighted by molar-refractivity contribution is 7.15. The largest absolute Gasteiger partial charge is 0.477 e. The number of anilines is 1. The van der Waals surface area contributed by atoms with Crippen molar-refractivity contribution in [2.24, 2.45) is 17.3 Å². The maximum absolute atomic E-state index is 14.0. The van der Waals surface area contributed by atoms with Crippen LogP contribution in [0.2, 0.25) is 0 Å². The average Bonchev–Trinajstić information content (AvgIpc) is 3.49. The fraction of sp³-hybridized carbons (Fsp3) is 0.724. The smallest absolute Gasteiger partial charge is 0.348 e. The topological polar surface area (TPSA) is 76.1 Å². The molecule has 2 aliphatic carbocycles. The second-order valence-corrected chi connectivity index (χ2v) is 12.9. The van der Waals surface area contributed by atoms with Gasteiger partial charge in [0.2, 0.25) is 5.91 Å². The molecule has 4 rings (SSSR count). The molecule has 1 N–H and O–H groups in total. The number of hydrogen-bond donors (Lipinski definition) is 1. The van der Waals surface area contributed by atoms with Crippen LogP contribution in [0.5, 0.6) is 0 Å². The van der Waals surface area contributed by atoms with Crippen LogP contribution in [0.3, 0.4) is 0 Å². The number of carboxylic acid groups (broad SMARTS) is 1. The van der Waals surface area contributed by atoms with Crippen LogP contribution in [0.25, 0.3) is 0 Å². The maximum atomic E-state index is 14.0. The summed E-state index contributed by atoms with van der Waals surface area (Å²) in [5.41, 5.74) is 0.341. The van der Waals surface area contributed by atoms with Crippen LogP contribution >= 0.6 is 11.3 Å². The molecule has 1 saturated heterocycles. The van der Waals surface area contributed by atoms with Crippen LogP contribution in [0.1, 0.15) is 100 Å². The number of amides is 1. The highest BCUT2D eigenvalue weighted by Crippen LogP contribution is 2.39. The van der Waals surface area contributed by atoms with Crippen molar-refractivity contribution in [1.82, 2.24) is 0 Å². The van der Waals surface area contributed by atoms with Crippen molar-refractivity contribution >= 4 is 28.9 Å². The van der Waals surface area contributed by atoms with E-state index in [-0.39, 0.29) is 40.4 Å². The molecule has 1 aliphatic heterocycles. The van der Waals surface area contributed by atoms with Gasteiger partial charge in [-0.3, -0.25) is 4.79 Å². The van der Waals surface area contributed by atoms with Gasteiger partial charge >= 0.3 is 5.97 Å². The molecule has 3 aliphatic rings. The minimum absolute atomic E-state index is 0.0207. The Balaban J connectivity index is 1.60. The van der Waals surface area contributed by atoms with Gasteiger partial charge in [0.05, 0.1) is 29.4 Å². The predicted octanol–water partition coefficient (Wildman–Crippen LogP) is 6.12. The Kier molecular flexibility index (Phi) is 8.80. The number of nitrogens with zero attached hydrogens (tertiary/aromatic N) is 1. The quantitative estimate of drug-likeness (QED) is 0.462. The summed E-state index contributed by atoms with van der Waals surface area (Å²) < 4.78 is 11.7. The van der Waals surface area contributed by atoms with Crippen LogP contribution in [-0.4, -0.2) is 48.4 Å². The lowest BCUT2D eigenvalue weighted by Gasteiger charge is -2.39. The van der Waals surface area contributed by atoms with Crippen molar-refractivity contribution in [3.63, 3.8) is 0 Å². The Labute approximate surface area is 219 Å². The van der Waals surface area contributed by atoms with E-state index in [1.165, 1.54) is 11.3 Å². The van der Waals surface area contributed by atoms with Gasteiger partial charge < -0.3 is 19.5 Å². The van der Waals surface area contributed by atoms with E-state index >= 15 is 0 Å². The number of rotatable bonds is 6. The second-order valence-electron chi connectivity index (χ2n) is 11.8. The van der Waals surface area contributed by atoms with Crippen molar-refractivity contribution in [3.05, 3.63) is 15.8 Å². The molecule has 0 unspecified atom stereocenters. The van der Waals surface area contributed by atoms with Gasteiger partial charge in [-0.25, -0.2) is 4.79 Å². The minimum atomic E-state index is -0.993. The molecule has 1 aromatic rings. The SMILES string of the molecule is CC1CCC(C(=O)N(c2cc(C#CC(C)(C)C)sc2C(=O)O)C2CCC(O[C@@H]3CCOC3)CC2)CC1. The Hall–Kier alpha value is -1.88. The lowest BCUT2D eigenvalue weighted by Crippen LogP contribution is -2.47. The first-order valence-corrected chi connectivity index (χ1v) is 14.4. The maximum Gasteiger partial charge on any atom is 0.348 e. The Bertz CT molecular complexity index is 978. The van der Waals surface area contributed by atoms with Crippen LogP contribution in [-0.2, 0) is 14.3 Å². The van der Waals surface area contributed by atoms with Crippen molar-refractivity contribution in [2.75, 3.05) is 18.1 Å². The Morgan fingerprint density at radius 1 is 1.06 bits per heavy atom. The zero-order valence-corrected chi connectivity index (χ0v) is 23.0. The van der Waals surface area contributed by atoms with E-state index < -0.39 is 5.97 Å². The Morgan fingerprint density at radius 3 is 2.33 bits per heavy atom. The fourth-order valence-electron chi connectivity index (χ4n) is 5.56. The number of carbonyl (C=O) groups is 2. The zero-order chi connectivity index (χ0) is 25.9. The van der Waals surface area contributed by atoms with E-state index in [4.69, 9.17) is 9.47 Å². The van der Waals surface area contributed by atoms with Crippen LogP contribution in [0.4, 0.5) is 5.69 Å². The van der Waals surface area contributed by atoms with E-state index in [0.29, 0.717) is 23.1 Å². The monoisotopic (exact) mass is 515 g/mol. The lowest BCUT2D eigenvalue weighted by molar-refractivity contribution is -0.124. The molecule has 0 bridgehead atoms. The molecule has 1 aromatic heterocycles. The number of hydrogen-bond acceptors (Lipinski definition) is 5. The molecule has 1 atom stereocenters. The van der Waals surface area contributed by atoms with Gasteiger partial charge in [0.15, 0.2) is 0 Å². The van der Waals surface area contributed by atoms with E-state index in [2.05, 4.69) is 18.8 Å². The number of carboxylic acids is 1. The van der Waals surface area contributed by atoms with Crippen molar-refractivity contribution < 1.29 is 24.2 Å². The first-order chi connectivity index (χ1) is 17.1. The summed E-state index contributed by atoms with van der Waals surface area (Å²) in [6.07, 6.45) is 8.50. The predicted molar refractivity (Wildman–Crippen MR) is 143 cm³/mol. The molecule has 0 radical (unpaired) electrons. The second kappa shape index (κ2) is 11.7. The van der Waals surface area contributed by atoms with Gasteiger partial charge in [0, 0.05) is 24.0 Å². The van der Waals surface area contributed by atoms with Gasteiger partial charge in [-0.1, -0.05) is 18.8 Å². The molecule has 198 valence electrons. The van der Waals surface area contributed by atoms with Crippen molar-refractivity contribution in [1.29, 1.82) is 0 Å². The van der Waals surface area contributed by atoms with Gasteiger partial charge in [0.25, 0.3) is 0 Å². The molecule has 36 heavy (non-hydrogen) atoms. The molecular weight excluding hydrogens is 474 g/mol. The molecule has 2 heterocycles. The molecule has 0 spiro atoms. The third-order valence-corrected chi connectivity index (χ3v) is 8.64. The van der Waals surface area contributed by atoms with Gasteiger partial charge in [-0.2, -0.15) is 0 Å². The van der Waals surface area contributed by atoms with E-state index in [9.17, 15) is 14.7 Å². The van der Waals surface area contributed by atoms with E-state index in [1.807, 2.05) is 31.7 Å². The first kappa shape index (κ1) is 27.2. The van der Waals surface area contributed by atoms with E-state index in [0.717, 1.165) is 64.4 Å². The summed E-state index contributed by atoms with van der Waals surface area (Å²) in [4.78, 5) is 29.1. The molecule has 1 amide bonds. The number of ether oxygens (including phenoxy) is 2. The Morgan fingerprint density at radius 2 is 1.75 bits per heavy atom. The third-order valence-electron chi connectivity index (χ3n) is 7.61. The van der Waals surface area contributed by atoms with Crippen molar-refractivity contribution in [2.45, 2.75) is 104 Å². The van der Waals surface area contributed by atoms with Crippen LogP contribution in [0.15, 0.2) is 6.07 Å². The normalized spacial score (nSPS) is 28.8. The van der Waals surface area contributed by atoms with Gasteiger partial charge in [0.1, 0.15) is 4.88 Å². The summed E-state index contributed by atoms with van der Waals surface area (Å²) >= 11 is 1.18. The van der Waals surface area contributed by atoms with Crippen molar-refractivity contribution in [3.8, 4) is 11.8 Å². The fourth-order valence-corrected chi connectivity index (χ4v) is 6.40. The zero-order valence-electron chi connectivity index (χ0n) is 22.2. The lowest BCUT2D eigenvalue weighted by atomic mass is 9.81.